The second-order valence-electron chi connectivity index (χ2n) is 8.42. The van der Waals surface area contributed by atoms with Crippen LogP contribution in [0.2, 0.25) is 0 Å². The Bertz CT molecular complexity index is 920. The van der Waals surface area contributed by atoms with Crippen LogP contribution in [0.1, 0.15) is 44.6 Å². The fourth-order valence-electron chi connectivity index (χ4n) is 4.14. The molecule has 2 aromatic rings. The molecule has 2 aliphatic rings. The lowest BCUT2D eigenvalue weighted by Crippen LogP contribution is -2.36. The summed E-state index contributed by atoms with van der Waals surface area (Å²) in [5, 5.41) is 2.88. The lowest BCUT2D eigenvalue weighted by molar-refractivity contribution is -0.124. The summed E-state index contributed by atoms with van der Waals surface area (Å²) >= 11 is 1.51. The maximum Gasteiger partial charge on any atom is 0.348 e. The predicted octanol–water partition coefficient (Wildman–Crippen LogP) is 3.18. The van der Waals surface area contributed by atoms with Crippen LogP contribution >= 0.6 is 11.3 Å². The first kappa shape index (κ1) is 22.0. The van der Waals surface area contributed by atoms with Gasteiger partial charge in [-0.1, -0.05) is 31.2 Å². The summed E-state index contributed by atoms with van der Waals surface area (Å²) in [6.45, 7) is 6.59. The summed E-state index contributed by atoms with van der Waals surface area (Å²) in [5.41, 5.74) is 3.53. The van der Waals surface area contributed by atoms with Crippen molar-refractivity contribution in [3.63, 3.8) is 0 Å². The number of hydrogen-bond acceptors (Lipinski definition) is 6. The highest BCUT2D eigenvalue weighted by molar-refractivity contribution is 7.14. The predicted molar refractivity (Wildman–Crippen MR) is 120 cm³/mol. The highest BCUT2D eigenvalue weighted by Crippen LogP contribution is 2.32. The lowest BCUT2D eigenvalue weighted by Gasteiger charge is -2.27. The number of morpholine rings is 1. The summed E-state index contributed by atoms with van der Waals surface area (Å²) in [6.07, 6.45) is 3.21. The fraction of sp³-hybridized carbons (Fsp3) is 0.500. The van der Waals surface area contributed by atoms with E-state index in [9.17, 15) is 9.59 Å². The Labute approximate surface area is 187 Å². The van der Waals surface area contributed by atoms with Gasteiger partial charge in [-0.15, -0.1) is 11.3 Å². The number of nitrogens with one attached hydrogen (secondary N) is 1. The van der Waals surface area contributed by atoms with Gasteiger partial charge < -0.3 is 14.8 Å². The molecule has 1 aliphatic carbocycles. The van der Waals surface area contributed by atoms with Gasteiger partial charge in [0.05, 0.1) is 13.2 Å². The molecule has 31 heavy (non-hydrogen) atoms. The molecule has 7 heteroatoms. The molecule has 4 rings (SSSR count). The topological polar surface area (TPSA) is 67.9 Å². The van der Waals surface area contributed by atoms with E-state index in [0.717, 1.165) is 57.7 Å². The molecule has 0 radical (unpaired) electrons. The Morgan fingerprint density at radius 3 is 2.81 bits per heavy atom. The molecular weight excluding hydrogens is 412 g/mol. The minimum absolute atomic E-state index is 0.260. The highest BCUT2D eigenvalue weighted by Gasteiger charge is 2.22. The number of rotatable bonds is 7. The Kier molecular flexibility index (Phi) is 7.37. The van der Waals surface area contributed by atoms with Crippen molar-refractivity contribution in [3.05, 3.63) is 56.8 Å². The number of ether oxygens (including phenoxy) is 2. The molecule has 6 nitrogen and oxygen atoms in total. The number of hydrogen-bond donors (Lipinski definition) is 1. The van der Waals surface area contributed by atoms with Crippen molar-refractivity contribution in [2.75, 3.05) is 32.9 Å². The number of aryl methyl sites for hydroxylation is 1. The number of thiophene rings is 1. The molecule has 0 saturated carbocycles. The molecule has 1 saturated heterocycles. The van der Waals surface area contributed by atoms with E-state index in [1.807, 2.05) is 24.3 Å². The van der Waals surface area contributed by atoms with Crippen LogP contribution < -0.4 is 5.32 Å². The van der Waals surface area contributed by atoms with Gasteiger partial charge in [0, 0.05) is 31.1 Å². The van der Waals surface area contributed by atoms with Crippen LogP contribution in [0, 0.1) is 5.92 Å². The van der Waals surface area contributed by atoms with Gasteiger partial charge in [0.25, 0.3) is 5.91 Å². The van der Waals surface area contributed by atoms with E-state index in [1.165, 1.54) is 27.3 Å². The average molecular weight is 443 g/mol. The minimum atomic E-state index is -0.407. The van der Waals surface area contributed by atoms with Crippen LogP contribution in [0.4, 0.5) is 0 Å². The van der Waals surface area contributed by atoms with Crippen LogP contribution in [0.25, 0.3) is 0 Å². The molecule has 1 aromatic heterocycles. The summed E-state index contributed by atoms with van der Waals surface area (Å²) in [6, 6.07) is 10.1. The van der Waals surface area contributed by atoms with E-state index in [4.69, 9.17) is 9.47 Å². The zero-order chi connectivity index (χ0) is 21.6. The Morgan fingerprint density at radius 1 is 1.23 bits per heavy atom. The van der Waals surface area contributed by atoms with Gasteiger partial charge in [-0.2, -0.15) is 0 Å². The molecular formula is C24H30N2O4S. The monoisotopic (exact) mass is 442 g/mol. The van der Waals surface area contributed by atoms with Crippen LogP contribution in [-0.4, -0.2) is 49.7 Å². The third kappa shape index (κ3) is 5.93. The number of carbonyl (C=O) groups is 2. The second-order valence-corrected chi connectivity index (χ2v) is 9.55. The fourth-order valence-corrected chi connectivity index (χ4v) is 5.24. The first-order chi connectivity index (χ1) is 15.1. The zero-order valence-electron chi connectivity index (χ0n) is 18.0. The lowest BCUT2D eigenvalue weighted by atomic mass is 9.90. The molecule has 0 bridgehead atoms. The molecule has 1 amide bonds. The van der Waals surface area contributed by atoms with Crippen molar-refractivity contribution >= 4 is 23.2 Å². The summed E-state index contributed by atoms with van der Waals surface area (Å²) < 4.78 is 10.7. The summed E-state index contributed by atoms with van der Waals surface area (Å²) in [5.74, 6) is -0.0396. The van der Waals surface area contributed by atoms with Crippen molar-refractivity contribution in [1.29, 1.82) is 0 Å². The van der Waals surface area contributed by atoms with Gasteiger partial charge in [-0.05, 0) is 47.9 Å². The van der Waals surface area contributed by atoms with E-state index in [2.05, 4.69) is 23.2 Å². The number of carbonyl (C=O) groups excluding carboxylic acids is 2. The molecule has 0 unspecified atom stereocenters. The Balaban J connectivity index is 1.26. The van der Waals surface area contributed by atoms with Gasteiger partial charge in [0.15, 0.2) is 6.61 Å². The maximum atomic E-state index is 12.4. The van der Waals surface area contributed by atoms with Gasteiger partial charge in [-0.25, -0.2) is 4.79 Å². The van der Waals surface area contributed by atoms with Gasteiger partial charge >= 0.3 is 5.97 Å². The normalized spacial score (nSPS) is 18.9. The molecule has 1 atom stereocenters. The van der Waals surface area contributed by atoms with E-state index in [0.29, 0.717) is 17.3 Å². The minimum Gasteiger partial charge on any atom is -0.451 e. The van der Waals surface area contributed by atoms with Crippen molar-refractivity contribution < 1.29 is 19.1 Å². The van der Waals surface area contributed by atoms with Crippen molar-refractivity contribution in [2.45, 2.75) is 39.3 Å². The first-order valence-electron chi connectivity index (χ1n) is 11.0. The second kappa shape index (κ2) is 10.4. The van der Waals surface area contributed by atoms with Crippen LogP contribution in [0.5, 0.6) is 0 Å². The SMILES string of the molecule is C[C@@H]1CCc2sc(C(=O)OCC(=O)NCc3ccccc3CN3CCOCC3)cc2C1. The average Bonchev–Trinajstić information content (AvgIpc) is 3.21. The van der Waals surface area contributed by atoms with Crippen LogP contribution in [0.15, 0.2) is 30.3 Å². The smallest absolute Gasteiger partial charge is 0.348 e. The summed E-state index contributed by atoms with van der Waals surface area (Å²) in [7, 11) is 0. The van der Waals surface area contributed by atoms with Crippen LogP contribution in [0.3, 0.4) is 0 Å². The Hall–Kier alpha value is -2.22. The van der Waals surface area contributed by atoms with Gasteiger partial charge in [-0.3, -0.25) is 9.69 Å². The third-order valence-electron chi connectivity index (χ3n) is 5.96. The number of esters is 1. The van der Waals surface area contributed by atoms with Crippen LogP contribution in [-0.2, 0) is 40.2 Å². The molecule has 1 aromatic carbocycles. The number of benzene rings is 1. The zero-order valence-corrected chi connectivity index (χ0v) is 18.8. The Morgan fingerprint density at radius 2 is 2.00 bits per heavy atom. The molecule has 1 aliphatic heterocycles. The maximum absolute atomic E-state index is 12.4. The molecule has 2 heterocycles. The van der Waals surface area contributed by atoms with E-state index in [1.54, 1.807) is 0 Å². The number of fused-ring (bicyclic) bond motifs is 1. The molecule has 1 N–H and O–H groups in total. The highest BCUT2D eigenvalue weighted by atomic mass is 32.1. The molecule has 1 fully saturated rings. The number of nitrogens with zero attached hydrogens (tertiary/aromatic N) is 1. The van der Waals surface area contributed by atoms with E-state index < -0.39 is 5.97 Å². The first-order valence-corrected chi connectivity index (χ1v) is 11.8. The van der Waals surface area contributed by atoms with Gasteiger partial charge in [0.1, 0.15) is 4.88 Å². The van der Waals surface area contributed by atoms with E-state index in [-0.39, 0.29) is 12.5 Å². The molecule has 0 spiro atoms. The standard InChI is InChI=1S/C24H30N2O4S/c1-17-6-7-21-20(12-17)13-22(31-21)24(28)30-16-23(27)25-14-18-4-2-3-5-19(18)15-26-8-10-29-11-9-26/h2-5,13,17H,6-12,14-16H2,1H3,(H,25,27)/t17-/m1/s1. The van der Waals surface area contributed by atoms with Gasteiger partial charge in [0.2, 0.25) is 0 Å². The number of amides is 1. The summed E-state index contributed by atoms with van der Waals surface area (Å²) in [4.78, 5) is 28.9. The van der Waals surface area contributed by atoms with Crippen molar-refractivity contribution in [2.24, 2.45) is 5.92 Å². The largest absolute Gasteiger partial charge is 0.451 e. The molecule has 166 valence electrons. The quantitative estimate of drug-likeness (QED) is 0.667. The van der Waals surface area contributed by atoms with E-state index >= 15 is 0 Å². The van der Waals surface area contributed by atoms with Crippen molar-refractivity contribution in [1.82, 2.24) is 10.2 Å². The van der Waals surface area contributed by atoms with Crippen molar-refractivity contribution in [3.8, 4) is 0 Å². The third-order valence-corrected chi connectivity index (χ3v) is 7.17.